The van der Waals surface area contributed by atoms with Crippen molar-refractivity contribution in [3.05, 3.63) is 55.0 Å². The first-order valence-corrected chi connectivity index (χ1v) is 8.43. The van der Waals surface area contributed by atoms with Crippen LogP contribution in [0.3, 0.4) is 0 Å². The average molecular weight is 333 g/mol. The molecule has 6 heteroatoms. The summed E-state index contributed by atoms with van der Waals surface area (Å²) in [5, 5.41) is 9.76. The van der Waals surface area contributed by atoms with Gasteiger partial charge in [-0.05, 0) is 37.1 Å². The van der Waals surface area contributed by atoms with E-state index in [9.17, 15) is 5.11 Å². The number of aromatic nitrogens is 4. The number of aliphatic hydroxyl groups excluding tert-OH is 1. The van der Waals surface area contributed by atoms with Crippen LogP contribution in [0.25, 0.3) is 22.8 Å². The normalized spacial score (nSPS) is 15.3. The van der Waals surface area contributed by atoms with Gasteiger partial charge in [-0.2, -0.15) is 0 Å². The van der Waals surface area contributed by atoms with Crippen molar-refractivity contribution >= 4 is 5.82 Å². The Bertz CT molecular complexity index is 775. The standard InChI is InChI=1S/C19H19N5O/c25-15-6-10-24(11-7-15)18-12-17(14-4-3-8-20-13-14)22-19(23-18)16-5-1-2-9-21-16/h1-5,8-9,12-13,15,25H,6-7,10-11H2. The Morgan fingerprint density at radius 2 is 1.84 bits per heavy atom. The van der Waals surface area contributed by atoms with Gasteiger partial charge in [0.25, 0.3) is 0 Å². The molecule has 0 aromatic carbocycles. The van der Waals surface area contributed by atoms with Crippen LogP contribution in [-0.2, 0) is 0 Å². The fraction of sp³-hybridized carbons (Fsp3) is 0.263. The highest BCUT2D eigenvalue weighted by atomic mass is 16.3. The Morgan fingerprint density at radius 1 is 0.960 bits per heavy atom. The molecule has 4 heterocycles. The minimum absolute atomic E-state index is 0.217. The van der Waals surface area contributed by atoms with Crippen molar-refractivity contribution in [3.63, 3.8) is 0 Å². The highest BCUT2D eigenvalue weighted by Gasteiger charge is 2.20. The first-order valence-electron chi connectivity index (χ1n) is 8.43. The molecule has 4 rings (SSSR count). The number of rotatable bonds is 3. The van der Waals surface area contributed by atoms with E-state index in [0.717, 1.165) is 48.7 Å². The van der Waals surface area contributed by atoms with Crippen molar-refractivity contribution in [2.75, 3.05) is 18.0 Å². The van der Waals surface area contributed by atoms with Crippen LogP contribution in [0.2, 0.25) is 0 Å². The van der Waals surface area contributed by atoms with E-state index in [-0.39, 0.29) is 6.10 Å². The van der Waals surface area contributed by atoms with E-state index < -0.39 is 0 Å². The molecular formula is C19H19N5O. The molecule has 126 valence electrons. The zero-order valence-corrected chi connectivity index (χ0v) is 13.8. The van der Waals surface area contributed by atoms with Gasteiger partial charge in [0.1, 0.15) is 11.5 Å². The zero-order valence-electron chi connectivity index (χ0n) is 13.8. The smallest absolute Gasteiger partial charge is 0.180 e. The summed E-state index contributed by atoms with van der Waals surface area (Å²) in [7, 11) is 0. The summed E-state index contributed by atoms with van der Waals surface area (Å²) >= 11 is 0. The lowest BCUT2D eigenvalue weighted by atomic mass is 10.1. The second kappa shape index (κ2) is 6.94. The Balaban J connectivity index is 1.78. The first-order chi connectivity index (χ1) is 12.3. The van der Waals surface area contributed by atoms with Crippen LogP contribution < -0.4 is 4.90 Å². The van der Waals surface area contributed by atoms with E-state index in [1.165, 1.54) is 0 Å². The Kier molecular flexibility index (Phi) is 4.35. The summed E-state index contributed by atoms with van der Waals surface area (Å²) in [6.45, 7) is 1.57. The lowest BCUT2D eigenvalue weighted by molar-refractivity contribution is 0.145. The maximum Gasteiger partial charge on any atom is 0.180 e. The molecule has 3 aromatic rings. The van der Waals surface area contributed by atoms with E-state index in [1.54, 1.807) is 18.6 Å². The van der Waals surface area contributed by atoms with E-state index in [2.05, 4.69) is 14.9 Å². The molecule has 0 atom stereocenters. The molecule has 0 radical (unpaired) electrons. The number of piperidine rings is 1. The molecular weight excluding hydrogens is 314 g/mol. The van der Waals surface area contributed by atoms with E-state index >= 15 is 0 Å². The monoisotopic (exact) mass is 333 g/mol. The van der Waals surface area contributed by atoms with Crippen molar-refractivity contribution in [1.82, 2.24) is 19.9 Å². The second-order valence-corrected chi connectivity index (χ2v) is 6.11. The van der Waals surface area contributed by atoms with E-state index in [0.29, 0.717) is 5.82 Å². The fourth-order valence-electron chi connectivity index (χ4n) is 2.96. The molecule has 1 N–H and O–H groups in total. The van der Waals surface area contributed by atoms with Crippen LogP contribution in [0.5, 0.6) is 0 Å². The predicted molar refractivity (Wildman–Crippen MR) is 95.9 cm³/mol. The quantitative estimate of drug-likeness (QED) is 0.794. The molecule has 3 aromatic heterocycles. The number of anilines is 1. The van der Waals surface area contributed by atoms with Gasteiger partial charge in [-0.3, -0.25) is 9.97 Å². The van der Waals surface area contributed by atoms with Crippen molar-refractivity contribution in [2.45, 2.75) is 18.9 Å². The summed E-state index contributed by atoms with van der Waals surface area (Å²) in [5.74, 6) is 1.46. The van der Waals surface area contributed by atoms with E-state index in [4.69, 9.17) is 9.97 Å². The summed E-state index contributed by atoms with van der Waals surface area (Å²) in [4.78, 5) is 20.2. The number of aliphatic hydroxyl groups is 1. The summed E-state index contributed by atoms with van der Waals surface area (Å²) in [6.07, 6.45) is 6.58. The van der Waals surface area contributed by atoms with Crippen LogP contribution in [0.1, 0.15) is 12.8 Å². The van der Waals surface area contributed by atoms with Crippen molar-refractivity contribution < 1.29 is 5.11 Å². The molecule has 25 heavy (non-hydrogen) atoms. The summed E-state index contributed by atoms with van der Waals surface area (Å²) < 4.78 is 0. The van der Waals surface area contributed by atoms with E-state index in [1.807, 2.05) is 36.4 Å². The minimum Gasteiger partial charge on any atom is -0.393 e. The third-order valence-corrected chi connectivity index (χ3v) is 4.35. The number of hydrogen-bond donors (Lipinski definition) is 1. The van der Waals surface area contributed by atoms with Crippen LogP contribution in [0, 0.1) is 0 Å². The number of hydrogen-bond acceptors (Lipinski definition) is 6. The van der Waals surface area contributed by atoms with Gasteiger partial charge in [0.2, 0.25) is 0 Å². The van der Waals surface area contributed by atoms with Gasteiger partial charge in [0, 0.05) is 43.3 Å². The zero-order chi connectivity index (χ0) is 17.1. The topological polar surface area (TPSA) is 75.0 Å². The number of pyridine rings is 2. The second-order valence-electron chi connectivity index (χ2n) is 6.11. The molecule has 0 spiro atoms. The maximum absolute atomic E-state index is 9.76. The summed E-state index contributed by atoms with van der Waals surface area (Å²) in [6, 6.07) is 11.6. The fourth-order valence-corrected chi connectivity index (χ4v) is 2.96. The largest absolute Gasteiger partial charge is 0.393 e. The molecule has 1 aliphatic rings. The van der Waals surface area contributed by atoms with Crippen molar-refractivity contribution in [2.24, 2.45) is 0 Å². The molecule has 6 nitrogen and oxygen atoms in total. The average Bonchev–Trinajstić information content (AvgIpc) is 2.69. The highest BCUT2D eigenvalue weighted by molar-refractivity contribution is 5.66. The van der Waals surface area contributed by atoms with Gasteiger partial charge in [-0.25, -0.2) is 9.97 Å². The Hall–Kier alpha value is -2.86. The van der Waals surface area contributed by atoms with Gasteiger partial charge in [0.05, 0.1) is 11.8 Å². The lowest BCUT2D eigenvalue weighted by Crippen LogP contribution is -2.36. The molecule has 1 aliphatic heterocycles. The van der Waals surface area contributed by atoms with Gasteiger partial charge >= 0.3 is 0 Å². The molecule has 0 amide bonds. The molecule has 0 bridgehead atoms. The Labute approximate surface area is 146 Å². The van der Waals surface area contributed by atoms with Crippen molar-refractivity contribution in [1.29, 1.82) is 0 Å². The Morgan fingerprint density at radius 3 is 2.56 bits per heavy atom. The third kappa shape index (κ3) is 3.49. The third-order valence-electron chi connectivity index (χ3n) is 4.35. The maximum atomic E-state index is 9.76. The lowest BCUT2D eigenvalue weighted by Gasteiger charge is -2.30. The SMILES string of the molecule is OC1CCN(c2cc(-c3cccnc3)nc(-c3ccccn3)n2)CC1. The first kappa shape index (κ1) is 15.7. The molecule has 0 aliphatic carbocycles. The molecule has 0 unspecified atom stereocenters. The minimum atomic E-state index is -0.217. The number of nitrogens with zero attached hydrogens (tertiary/aromatic N) is 5. The molecule has 1 saturated heterocycles. The van der Waals surface area contributed by atoms with Crippen LogP contribution in [-0.4, -0.2) is 44.2 Å². The van der Waals surface area contributed by atoms with Crippen molar-refractivity contribution in [3.8, 4) is 22.8 Å². The van der Waals surface area contributed by atoms with Crippen LogP contribution in [0.4, 0.5) is 5.82 Å². The van der Waals surface area contributed by atoms with Gasteiger partial charge in [-0.1, -0.05) is 6.07 Å². The van der Waals surface area contributed by atoms with Gasteiger partial charge in [-0.15, -0.1) is 0 Å². The van der Waals surface area contributed by atoms with Crippen LogP contribution >= 0.6 is 0 Å². The molecule has 1 fully saturated rings. The summed E-state index contributed by atoms with van der Waals surface area (Å²) in [5.41, 5.74) is 2.51. The highest BCUT2D eigenvalue weighted by Crippen LogP contribution is 2.26. The van der Waals surface area contributed by atoms with Crippen LogP contribution in [0.15, 0.2) is 55.0 Å². The predicted octanol–water partition coefficient (Wildman–Crippen LogP) is 2.56. The van der Waals surface area contributed by atoms with Gasteiger partial charge in [0.15, 0.2) is 5.82 Å². The molecule has 0 saturated carbocycles. The van der Waals surface area contributed by atoms with Gasteiger partial charge < -0.3 is 10.0 Å².